The fourth-order valence-corrected chi connectivity index (χ4v) is 5.77. The van der Waals surface area contributed by atoms with Gasteiger partial charge in [0.1, 0.15) is 18.5 Å². The van der Waals surface area contributed by atoms with E-state index in [2.05, 4.69) is 30.5 Å². The number of nitrogens with zero attached hydrogens (tertiary/aromatic N) is 1. The predicted octanol–water partition coefficient (Wildman–Crippen LogP) is 8.49. The molecule has 0 bridgehead atoms. The van der Waals surface area contributed by atoms with Crippen molar-refractivity contribution in [3.05, 3.63) is 77.5 Å². The number of aromatic nitrogens is 1. The van der Waals surface area contributed by atoms with Crippen LogP contribution in [0.1, 0.15) is 30.5 Å². The highest BCUT2D eigenvalue weighted by molar-refractivity contribution is 6.17. The normalized spacial score (nSPS) is 13.3. The third-order valence-corrected chi connectivity index (χ3v) is 7.84. The molecular weight excluding hydrogens is 459 g/mol. The minimum Gasteiger partial charge on any atom is -0.455 e. The minimum atomic E-state index is -4.30. The Morgan fingerprint density at radius 3 is 2.22 bits per heavy atom. The van der Waals surface area contributed by atoms with Crippen LogP contribution in [0.3, 0.4) is 0 Å². The third kappa shape index (κ3) is 3.08. The number of alkyl halides is 3. The number of pyridine rings is 1. The van der Waals surface area contributed by atoms with Crippen LogP contribution in [0.25, 0.3) is 43.6 Å². The summed E-state index contributed by atoms with van der Waals surface area (Å²) in [7, 11) is 2.01. The van der Waals surface area contributed by atoms with Crippen LogP contribution < -0.4 is 9.30 Å². The van der Waals surface area contributed by atoms with E-state index in [1.54, 1.807) is 0 Å². The van der Waals surface area contributed by atoms with Gasteiger partial charge in [0.2, 0.25) is 5.69 Å². The van der Waals surface area contributed by atoms with E-state index >= 15 is 0 Å². The van der Waals surface area contributed by atoms with Gasteiger partial charge in [-0.1, -0.05) is 56.3 Å². The molecule has 0 radical (unpaired) electrons. The number of aryl methyl sites for hydroxylation is 3. The Labute approximate surface area is 207 Å². The first-order valence-corrected chi connectivity index (χ1v) is 12.1. The second kappa shape index (κ2) is 7.45. The van der Waals surface area contributed by atoms with Crippen molar-refractivity contribution < 1.29 is 22.5 Å². The molecule has 2 nitrogen and oxygen atoms in total. The van der Waals surface area contributed by atoms with Crippen LogP contribution in [0.2, 0.25) is 0 Å². The van der Waals surface area contributed by atoms with Gasteiger partial charge in [-0.05, 0) is 59.0 Å². The van der Waals surface area contributed by atoms with Crippen LogP contribution in [-0.2, 0) is 13.5 Å². The summed E-state index contributed by atoms with van der Waals surface area (Å²) < 4.78 is 50.2. The van der Waals surface area contributed by atoms with Crippen molar-refractivity contribution in [2.24, 2.45) is 12.5 Å². The van der Waals surface area contributed by atoms with Gasteiger partial charge in [0.15, 0.2) is 6.20 Å². The Kier molecular flexibility index (Phi) is 4.73. The summed E-state index contributed by atoms with van der Waals surface area (Å²) in [4.78, 5) is 0. The van der Waals surface area contributed by atoms with Gasteiger partial charge in [0.25, 0.3) is 0 Å². The molecule has 6 rings (SSSR count). The molecular formula is C31H27F3NO+. The largest absolute Gasteiger partial charge is 0.455 e. The van der Waals surface area contributed by atoms with Gasteiger partial charge in [0, 0.05) is 17.0 Å². The van der Waals surface area contributed by atoms with Gasteiger partial charge in [-0.3, -0.25) is 0 Å². The maximum atomic E-state index is 13.8. The summed E-state index contributed by atoms with van der Waals surface area (Å²) in [5, 5.41) is 5.93. The Hall–Kier alpha value is -3.60. The lowest BCUT2D eigenvalue weighted by Crippen LogP contribution is -2.34. The number of hydrogen-bond donors (Lipinski definition) is 0. The lowest BCUT2D eigenvalue weighted by molar-refractivity contribution is -0.659. The average molecular weight is 487 g/mol. The quantitative estimate of drug-likeness (QED) is 0.177. The molecule has 0 saturated carbocycles. The van der Waals surface area contributed by atoms with Crippen molar-refractivity contribution in [1.29, 1.82) is 0 Å². The molecule has 0 atom stereocenters. The molecule has 0 aliphatic carbocycles. The smallest absolute Gasteiger partial charge is 0.394 e. The van der Waals surface area contributed by atoms with Gasteiger partial charge in [-0.2, -0.15) is 13.2 Å². The second-order valence-corrected chi connectivity index (χ2v) is 10.6. The summed E-state index contributed by atoms with van der Waals surface area (Å²) in [5.41, 5.74) is 3.13. The summed E-state index contributed by atoms with van der Waals surface area (Å²) in [6, 6.07) is 17.9. The maximum Gasteiger partial charge on any atom is 0.394 e. The lowest BCUT2D eigenvalue weighted by Gasteiger charge is -2.29. The molecule has 4 aromatic carbocycles. The first-order chi connectivity index (χ1) is 17.0. The zero-order chi connectivity index (χ0) is 25.6. The molecule has 0 unspecified atom stereocenters. The average Bonchev–Trinajstić information content (AvgIpc) is 2.83. The van der Waals surface area contributed by atoms with E-state index in [4.69, 9.17) is 4.74 Å². The monoisotopic (exact) mass is 486 g/mol. The molecule has 1 aliphatic heterocycles. The molecule has 1 aromatic heterocycles. The van der Waals surface area contributed by atoms with Crippen LogP contribution in [0.4, 0.5) is 13.2 Å². The summed E-state index contributed by atoms with van der Waals surface area (Å²) >= 11 is 0. The minimum absolute atomic E-state index is 0.0984. The van der Waals surface area contributed by atoms with E-state index in [9.17, 15) is 13.2 Å². The van der Waals surface area contributed by atoms with Gasteiger partial charge in [-0.15, -0.1) is 0 Å². The molecule has 5 aromatic rings. The highest BCUT2D eigenvalue weighted by Crippen LogP contribution is 2.52. The number of halogens is 3. The molecule has 2 heterocycles. The van der Waals surface area contributed by atoms with Crippen molar-refractivity contribution in [2.75, 3.05) is 0 Å². The van der Waals surface area contributed by atoms with Crippen molar-refractivity contribution in [1.82, 2.24) is 0 Å². The Morgan fingerprint density at radius 2 is 1.53 bits per heavy atom. The van der Waals surface area contributed by atoms with Gasteiger partial charge in [0.05, 0.1) is 16.4 Å². The second-order valence-electron chi connectivity index (χ2n) is 10.6. The summed E-state index contributed by atoms with van der Waals surface area (Å²) in [5.74, 6) is 1.58. The Bertz CT molecular complexity index is 1730. The molecule has 36 heavy (non-hydrogen) atoms. The maximum absolute atomic E-state index is 13.8. The highest BCUT2D eigenvalue weighted by Gasteiger charge is 2.47. The number of benzene rings is 4. The van der Waals surface area contributed by atoms with E-state index in [1.165, 1.54) is 19.2 Å². The van der Waals surface area contributed by atoms with Crippen LogP contribution in [0, 0.1) is 19.3 Å². The lowest BCUT2D eigenvalue weighted by atomic mass is 9.82. The fourth-order valence-electron chi connectivity index (χ4n) is 5.77. The van der Waals surface area contributed by atoms with Crippen molar-refractivity contribution in [2.45, 2.75) is 40.3 Å². The van der Waals surface area contributed by atoms with Crippen LogP contribution >= 0.6 is 0 Å². The standard InChI is InChI=1S/C31H27F3NO/c1-17-21-11-6-7-12-22(21)18(2)29-25(17)28-27-23(13-14-35(28)5)26-19(15-24(27)36-29)9-8-10-20(26)16-30(3,4)31(32,33)34/h6-15H,16H2,1-5H3/q+1. The number of hydrogen-bond acceptors (Lipinski definition) is 1. The molecule has 0 spiro atoms. The topological polar surface area (TPSA) is 13.1 Å². The highest BCUT2D eigenvalue weighted by atomic mass is 19.4. The van der Waals surface area contributed by atoms with Crippen molar-refractivity contribution >= 4 is 32.3 Å². The Morgan fingerprint density at radius 1 is 0.833 bits per heavy atom. The number of ether oxygens (including phenoxy) is 1. The zero-order valence-electron chi connectivity index (χ0n) is 21.0. The molecule has 0 saturated heterocycles. The Balaban J connectivity index is 1.73. The molecule has 0 fully saturated rings. The number of rotatable bonds is 2. The molecule has 0 amide bonds. The van der Waals surface area contributed by atoms with E-state index < -0.39 is 11.6 Å². The SMILES string of the molecule is Cc1c2c(c(C)c3ccccc13)-c1c3c(cc4cccc(CC(C)(C)C(F)(F)F)c4c3cc[n+]1C)O2. The van der Waals surface area contributed by atoms with Gasteiger partial charge in [-0.25, -0.2) is 4.57 Å². The van der Waals surface area contributed by atoms with Crippen LogP contribution in [-0.4, -0.2) is 6.18 Å². The molecule has 0 N–H and O–H groups in total. The molecule has 1 aliphatic rings. The van der Waals surface area contributed by atoms with Crippen LogP contribution in [0.5, 0.6) is 11.5 Å². The molecule has 182 valence electrons. The van der Waals surface area contributed by atoms with Crippen molar-refractivity contribution in [3.8, 4) is 22.8 Å². The van der Waals surface area contributed by atoms with E-state index in [0.717, 1.165) is 60.8 Å². The van der Waals surface area contributed by atoms with E-state index in [1.807, 2.05) is 55.7 Å². The molecule has 5 heteroatoms. The zero-order valence-corrected chi connectivity index (χ0v) is 21.0. The number of fused-ring (bicyclic) bond motifs is 5. The predicted molar refractivity (Wildman–Crippen MR) is 139 cm³/mol. The first kappa shape index (κ1) is 22.8. The van der Waals surface area contributed by atoms with Gasteiger partial charge < -0.3 is 4.74 Å². The van der Waals surface area contributed by atoms with E-state index in [-0.39, 0.29) is 6.42 Å². The van der Waals surface area contributed by atoms with E-state index in [0.29, 0.717) is 5.56 Å². The fraction of sp³-hybridized carbons (Fsp3) is 0.258. The first-order valence-electron chi connectivity index (χ1n) is 12.1. The summed E-state index contributed by atoms with van der Waals surface area (Å²) in [6.45, 7) is 6.75. The third-order valence-electron chi connectivity index (χ3n) is 7.84. The summed E-state index contributed by atoms with van der Waals surface area (Å²) in [6.07, 6.45) is -2.39. The van der Waals surface area contributed by atoms with Crippen molar-refractivity contribution in [3.63, 3.8) is 0 Å². The van der Waals surface area contributed by atoms with Gasteiger partial charge >= 0.3 is 6.18 Å². The van der Waals surface area contributed by atoms with Crippen LogP contribution in [0.15, 0.2) is 60.8 Å².